The van der Waals surface area contributed by atoms with Crippen LogP contribution in [0.5, 0.6) is 0 Å². The Hall–Kier alpha value is -2.85. The number of benzene rings is 2. The molecule has 126 valence electrons. The molecule has 25 heavy (non-hydrogen) atoms. The first-order valence-corrected chi connectivity index (χ1v) is 8.31. The number of fused-ring (bicyclic) bond motifs is 1. The molecular formula is C18H13F2N3OS. The van der Waals surface area contributed by atoms with Gasteiger partial charge in [0, 0.05) is 11.9 Å². The number of para-hydroxylation sites is 2. The van der Waals surface area contributed by atoms with Crippen molar-refractivity contribution >= 4 is 28.4 Å². The number of aliphatic hydroxyl groups is 1. The van der Waals surface area contributed by atoms with Crippen LogP contribution in [-0.4, -0.2) is 20.4 Å². The molecule has 0 radical (unpaired) electrons. The zero-order valence-corrected chi connectivity index (χ0v) is 14.0. The van der Waals surface area contributed by atoms with Crippen molar-refractivity contribution in [2.75, 3.05) is 5.75 Å². The molecule has 1 N–H and O–H groups in total. The van der Waals surface area contributed by atoms with E-state index in [9.17, 15) is 19.1 Å². The fourth-order valence-corrected chi connectivity index (χ4v) is 3.20. The number of imidazole rings is 1. The minimum atomic E-state index is -0.954. The molecule has 4 nitrogen and oxygen atoms in total. The van der Waals surface area contributed by atoms with Gasteiger partial charge in [0.1, 0.15) is 17.4 Å². The first-order valence-electron chi connectivity index (χ1n) is 7.33. The number of aliphatic hydroxyl groups excluding tert-OH is 1. The number of nitrogens with zero attached hydrogens (tertiary/aromatic N) is 3. The maximum Gasteiger partial charge on any atom is 0.159 e. The van der Waals surface area contributed by atoms with Crippen LogP contribution in [0.15, 0.2) is 53.1 Å². The van der Waals surface area contributed by atoms with Crippen molar-refractivity contribution in [3.8, 4) is 6.07 Å². The SMILES string of the molecule is Cn1c(/C(C#N)=C(/O)CSc2ccc(F)c(F)c2)nc2ccccc21. The summed E-state index contributed by atoms with van der Waals surface area (Å²) >= 11 is 1.10. The van der Waals surface area contributed by atoms with Gasteiger partial charge in [-0.1, -0.05) is 12.1 Å². The van der Waals surface area contributed by atoms with Gasteiger partial charge in [0.2, 0.25) is 0 Å². The number of allylic oxidation sites excluding steroid dienone is 1. The first kappa shape index (κ1) is 17.0. The molecule has 0 atom stereocenters. The van der Waals surface area contributed by atoms with Crippen LogP contribution >= 0.6 is 11.8 Å². The summed E-state index contributed by atoms with van der Waals surface area (Å²) in [6, 6.07) is 12.9. The third-order valence-electron chi connectivity index (χ3n) is 3.68. The molecule has 3 aromatic rings. The normalized spacial score (nSPS) is 12.1. The predicted molar refractivity (Wildman–Crippen MR) is 93.0 cm³/mol. The van der Waals surface area contributed by atoms with E-state index >= 15 is 0 Å². The van der Waals surface area contributed by atoms with E-state index in [-0.39, 0.29) is 17.1 Å². The van der Waals surface area contributed by atoms with Crippen LogP contribution in [0, 0.1) is 23.0 Å². The fourth-order valence-electron chi connectivity index (χ4n) is 2.40. The van der Waals surface area contributed by atoms with E-state index < -0.39 is 11.6 Å². The van der Waals surface area contributed by atoms with Crippen molar-refractivity contribution in [3.63, 3.8) is 0 Å². The molecule has 0 unspecified atom stereocenters. The molecule has 1 aromatic heterocycles. The second-order valence-corrected chi connectivity index (χ2v) is 6.33. The molecule has 0 bridgehead atoms. The van der Waals surface area contributed by atoms with E-state index in [1.54, 1.807) is 11.6 Å². The smallest absolute Gasteiger partial charge is 0.159 e. The van der Waals surface area contributed by atoms with Gasteiger partial charge in [-0.25, -0.2) is 13.8 Å². The van der Waals surface area contributed by atoms with Gasteiger partial charge >= 0.3 is 0 Å². The van der Waals surface area contributed by atoms with Crippen LogP contribution in [0.3, 0.4) is 0 Å². The van der Waals surface area contributed by atoms with Crippen LogP contribution in [0.2, 0.25) is 0 Å². The second-order valence-electron chi connectivity index (χ2n) is 5.28. The molecule has 0 fully saturated rings. The number of rotatable bonds is 4. The Morgan fingerprint density at radius 1 is 1.24 bits per heavy atom. The van der Waals surface area contributed by atoms with Gasteiger partial charge < -0.3 is 9.67 Å². The van der Waals surface area contributed by atoms with Gasteiger partial charge in [-0.3, -0.25) is 0 Å². The highest BCUT2D eigenvalue weighted by molar-refractivity contribution is 7.99. The van der Waals surface area contributed by atoms with Crippen molar-refractivity contribution in [2.24, 2.45) is 7.05 Å². The quantitative estimate of drug-likeness (QED) is 0.426. The third-order valence-corrected chi connectivity index (χ3v) is 4.68. The van der Waals surface area contributed by atoms with Crippen LogP contribution in [0.25, 0.3) is 16.6 Å². The highest BCUT2D eigenvalue weighted by atomic mass is 32.2. The summed E-state index contributed by atoms with van der Waals surface area (Å²) in [5.74, 6) is -1.66. The Bertz CT molecular complexity index is 1020. The number of nitriles is 1. The molecule has 0 aliphatic heterocycles. The fraction of sp³-hybridized carbons (Fsp3) is 0.111. The Morgan fingerprint density at radius 3 is 2.68 bits per heavy atom. The van der Waals surface area contributed by atoms with Crippen molar-refractivity contribution in [1.82, 2.24) is 9.55 Å². The number of aromatic nitrogens is 2. The monoisotopic (exact) mass is 357 g/mol. The zero-order chi connectivity index (χ0) is 18.0. The molecular weight excluding hydrogens is 344 g/mol. The number of hydrogen-bond donors (Lipinski definition) is 1. The molecule has 0 saturated carbocycles. The van der Waals surface area contributed by atoms with Gasteiger partial charge in [0.05, 0.1) is 16.8 Å². The van der Waals surface area contributed by atoms with E-state index in [1.165, 1.54) is 6.07 Å². The second kappa shape index (κ2) is 6.95. The predicted octanol–water partition coefficient (Wildman–Crippen LogP) is 4.44. The molecule has 2 aromatic carbocycles. The Balaban J connectivity index is 1.90. The number of halogens is 2. The van der Waals surface area contributed by atoms with Crippen molar-refractivity contribution < 1.29 is 13.9 Å². The molecule has 0 saturated heterocycles. The lowest BCUT2D eigenvalue weighted by Crippen LogP contribution is -2.00. The summed E-state index contributed by atoms with van der Waals surface area (Å²) in [7, 11) is 1.76. The Kier molecular flexibility index (Phi) is 4.72. The van der Waals surface area contributed by atoms with Gasteiger partial charge in [-0.2, -0.15) is 5.26 Å². The highest BCUT2D eigenvalue weighted by Crippen LogP contribution is 2.26. The number of thioether (sulfide) groups is 1. The maximum absolute atomic E-state index is 13.2. The van der Waals surface area contributed by atoms with E-state index in [0.717, 1.165) is 29.4 Å². The topological polar surface area (TPSA) is 61.8 Å². The van der Waals surface area contributed by atoms with E-state index in [2.05, 4.69) is 4.98 Å². The molecule has 0 spiro atoms. The molecule has 0 aliphatic rings. The average molecular weight is 357 g/mol. The molecule has 3 rings (SSSR count). The van der Waals surface area contributed by atoms with Gasteiger partial charge in [-0.15, -0.1) is 11.8 Å². The van der Waals surface area contributed by atoms with Gasteiger partial charge in [0.15, 0.2) is 17.5 Å². The minimum Gasteiger partial charge on any atom is -0.510 e. The maximum atomic E-state index is 13.2. The zero-order valence-electron chi connectivity index (χ0n) is 13.2. The van der Waals surface area contributed by atoms with Gasteiger partial charge in [0.25, 0.3) is 0 Å². The van der Waals surface area contributed by atoms with Crippen molar-refractivity contribution in [2.45, 2.75) is 4.90 Å². The lowest BCUT2D eigenvalue weighted by Gasteiger charge is -2.06. The summed E-state index contributed by atoms with van der Waals surface area (Å²) in [6.07, 6.45) is 0. The molecule has 1 heterocycles. The summed E-state index contributed by atoms with van der Waals surface area (Å²) in [5.41, 5.74) is 1.61. The van der Waals surface area contributed by atoms with Crippen molar-refractivity contribution in [1.29, 1.82) is 5.26 Å². The Morgan fingerprint density at radius 2 is 2.00 bits per heavy atom. The van der Waals surface area contributed by atoms with Gasteiger partial charge in [-0.05, 0) is 30.3 Å². The Labute approximate surface area is 147 Å². The standard InChI is InChI=1S/C18H13F2N3OS/c1-23-16-5-3-2-4-15(16)22-18(23)12(9-21)17(24)10-25-11-6-7-13(19)14(20)8-11/h2-8,24H,10H2,1H3/b17-12+. The summed E-state index contributed by atoms with van der Waals surface area (Å²) < 4.78 is 27.9. The van der Waals surface area contributed by atoms with E-state index in [0.29, 0.717) is 16.2 Å². The van der Waals surface area contributed by atoms with Crippen LogP contribution in [0.1, 0.15) is 5.82 Å². The third kappa shape index (κ3) is 3.35. The van der Waals surface area contributed by atoms with E-state index in [1.807, 2.05) is 30.3 Å². The molecule has 0 aliphatic carbocycles. The molecule has 7 heteroatoms. The van der Waals surface area contributed by atoms with Crippen LogP contribution in [-0.2, 0) is 7.05 Å². The first-order chi connectivity index (χ1) is 12.0. The average Bonchev–Trinajstić information content (AvgIpc) is 2.94. The summed E-state index contributed by atoms with van der Waals surface area (Å²) in [4.78, 5) is 4.84. The summed E-state index contributed by atoms with van der Waals surface area (Å²) in [5, 5.41) is 19.7. The highest BCUT2D eigenvalue weighted by Gasteiger charge is 2.16. The van der Waals surface area contributed by atoms with E-state index in [4.69, 9.17) is 0 Å². The summed E-state index contributed by atoms with van der Waals surface area (Å²) in [6.45, 7) is 0. The number of aryl methyl sites for hydroxylation is 1. The van der Waals surface area contributed by atoms with Crippen LogP contribution in [0.4, 0.5) is 8.78 Å². The lowest BCUT2D eigenvalue weighted by atomic mass is 10.2. The largest absolute Gasteiger partial charge is 0.510 e. The lowest BCUT2D eigenvalue weighted by molar-refractivity contribution is 0.420. The number of hydrogen-bond acceptors (Lipinski definition) is 4. The van der Waals surface area contributed by atoms with Crippen molar-refractivity contribution in [3.05, 3.63) is 65.7 Å². The minimum absolute atomic E-state index is 0.0389. The molecule has 0 amide bonds. The van der Waals surface area contributed by atoms with Crippen LogP contribution < -0.4 is 0 Å².